The molecule has 33 heavy (non-hydrogen) atoms. The highest BCUT2D eigenvalue weighted by atomic mass is 16.5. The summed E-state index contributed by atoms with van der Waals surface area (Å²) in [4.78, 5) is 36.1. The topological polar surface area (TPSA) is 106 Å². The van der Waals surface area contributed by atoms with Crippen LogP contribution in [0.2, 0.25) is 0 Å². The number of ether oxygens (including phenoxy) is 2. The van der Waals surface area contributed by atoms with Crippen molar-refractivity contribution >= 4 is 28.7 Å². The number of para-hydroxylation sites is 1. The number of carbonyl (C=O) groups is 2. The molecule has 168 valence electrons. The summed E-state index contributed by atoms with van der Waals surface area (Å²) in [5.41, 5.74) is 3.94. The molecule has 0 aliphatic carbocycles. The van der Waals surface area contributed by atoms with E-state index in [9.17, 15) is 9.59 Å². The highest BCUT2D eigenvalue weighted by Crippen LogP contribution is 2.32. The van der Waals surface area contributed by atoms with Crippen molar-refractivity contribution in [1.82, 2.24) is 15.0 Å². The van der Waals surface area contributed by atoms with Crippen LogP contribution in [-0.4, -0.2) is 40.0 Å². The van der Waals surface area contributed by atoms with E-state index in [0.717, 1.165) is 33.5 Å². The maximum Gasteiger partial charge on any atom is 0.306 e. The van der Waals surface area contributed by atoms with Gasteiger partial charge < -0.3 is 14.5 Å². The van der Waals surface area contributed by atoms with E-state index in [4.69, 9.17) is 9.47 Å². The molecule has 4 rings (SSSR count). The van der Waals surface area contributed by atoms with Crippen LogP contribution in [0.5, 0.6) is 5.75 Å². The van der Waals surface area contributed by atoms with Gasteiger partial charge in [0.15, 0.2) is 6.10 Å². The Kier molecular flexibility index (Phi) is 6.64. The Labute approximate surface area is 191 Å². The standard InChI is InChI=1S/C25H24N4O4/c1-16(24(31)29-25-26-14-5-15-27-25)33-22(30)13-12-20-19-6-3-4-7-21(19)28-23(20)17-8-10-18(32-2)11-9-17/h3-11,14-16,28H,12-13H2,1-2H3,(H,26,27,29,31). The quantitative estimate of drug-likeness (QED) is 0.396. The molecule has 4 aromatic rings. The minimum Gasteiger partial charge on any atom is -0.497 e. The van der Waals surface area contributed by atoms with Gasteiger partial charge in [0.2, 0.25) is 5.95 Å². The van der Waals surface area contributed by atoms with Gasteiger partial charge in [0.25, 0.3) is 5.91 Å². The summed E-state index contributed by atoms with van der Waals surface area (Å²) >= 11 is 0. The number of aromatic amines is 1. The second-order valence-corrected chi connectivity index (χ2v) is 7.45. The molecule has 0 bridgehead atoms. The van der Waals surface area contributed by atoms with Gasteiger partial charge in [-0.25, -0.2) is 9.97 Å². The molecule has 0 fully saturated rings. The Morgan fingerprint density at radius 3 is 2.48 bits per heavy atom. The third kappa shape index (κ3) is 5.17. The number of hydrogen-bond donors (Lipinski definition) is 2. The normalized spacial score (nSPS) is 11.7. The Balaban J connectivity index is 1.46. The van der Waals surface area contributed by atoms with Crippen molar-refractivity contribution in [2.75, 3.05) is 12.4 Å². The fourth-order valence-electron chi connectivity index (χ4n) is 3.58. The van der Waals surface area contributed by atoms with Crippen LogP contribution in [0, 0.1) is 0 Å². The summed E-state index contributed by atoms with van der Waals surface area (Å²) in [5.74, 6) is -0.0142. The van der Waals surface area contributed by atoms with E-state index >= 15 is 0 Å². The smallest absolute Gasteiger partial charge is 0.306 e. The fraction of sp³-hybridized carbons (Fsp3) is 0.200. The van der Waals surface area contributed by atoms with Crippen LogP contribution in [-0.2, 0) is 20.7 Å². The van der Waals surface area contributed by atoms with Crippen LogP contribution >= 0.6 is 0 Å². The van der Waals surface area contributed by atoms with Gasteiger partial charge in [-0.05, 0) is 60.9 Å². The minimum atomic E-state index is -0.967. The molecule has 0 aliphatic heterocycles. The van der Waals surface area contributed by atoms with Crippen LogP contribution in [0.15, 0.2) is 67.0 Å². The Morgan fingerprint density at radius 1 is 1.03 bits per heavy atom. The summed E-state index contributed by atoms with van der Waals surface area (Å²) in [6.45, 7) is 1.52. The third-order valence-electron chi connectivity index (χ3n) is 5.25. The largest absolute Gasteiger partial charge is 0.497 e. The average molecular weight is 444 g/mol. The number of amides is 1. The van der Waals surface area contributed by atoms with Crippen molar-refractivity contribution in [3.8, 4) is 17.0 Å². The van der Waals surface area contributed by atoms with Crippen molar-refractivity contribution in [1.29, 1.82) is 0 Å². The number of H-pyrrole nitrogens is 1. The highest BCUT2D eigenvalue weighted by Gasteiger charge is 2.20. The number of fused-ring (bicyclic) bond motifs is 1. The molecule has 0 aliphatic rings. The first-order chi connectivity index (χ1) is 16.0. The fourth-order valence-corrected chi connectivity index (χ4v) is 3.58. The van der Waals surface area contributed by atoms with E-state index in [1.54, 1.807) is 13.2 Å². The molecule has 8 heteroatoms. The van der Waals surface area contributed by atoms with Gasteiger partial charge in [0, 0.05) is 35.4 Å². The predicted molar refractivity (Wildman–Crippen MR) is 125 cm³/mol. The molecule has 2 heterocycles. The van der Waals surface area contributed by atoms with E-state index in [1.165, 1.54) is 19.3 Å². The lowest BCUT2D eigenvalue weighted by Gasteiger charge is -2.13. The predicted octanol–water partition coefficient (Wildman–Crippen LogP) is 4.14. The minimum absolute atomic E-state index is 0.129. The van der Waals surface area contributed by atoms with Crippen LogP contribution in [0.3, 0.4) is 0 Å². The Hall–Kier alpha value is -4.20. The number of rotatable bonds is 8. The van der Waals surface area contributed by atoms with Crippen LogP contribution in [0.1, 0.15) is 18.9 Å². The first kappa shape index (κ1) is 22.0. The van der Waals surface area contributed by atoms with Crippen molar-refractivity contribution in [3.63, 3.8) is 0 Å². The number of esters is 1. The van der Waals surface area contributed by atoms with E-state index < -0.39 is 18.0 Å². The molecule has 8 nitrogen and oxygen atoms in total. The van der Waals surface area contributed by atoms with E-state index in [0.29, 0.717) is 6.42 Å². The van der Waals surface area contributed by atoms with Gasteiger partial charge in [-0.1, -0.05) is 18.2 Å². The number of nitrogens with one attached hydrogen (secondary N) is 2. The number of carbonyl (C=O) groups excluding carboxylic acids is 2. The SMILES string of the molecule is COc1ccc(-c2[nH]c3ccccc3c2CCC(=O)OC(C)C(=O)Nc2ncccn2)cc1. The number of aryl methyl sites for hydroxylation is 1. The van der Waals surface area contributed by atoms with E-state index in [-0.39, 0.29) is 12.4 Å². The molecular formula is C25H24N4O4. The van der Waals surface area contributed by atoms with E-state index in [2.05, 4.69) is 20.3 Å². The molecule has 2 N–H and O–H groups in total. The Bertz CT molecular complexity index is 1250. The van der Waals surface area contributed by atoms with Crippen molar-refractivity contribution in [3.05, 3.63) is 72.6 Å². The second-order valence-electron chi connectivity index (χ2n) is 7.45. The molecule has 2 aromatic carbocycles. The van der Waals surface area contributed by atoms with Crippen molar-refractivity contribution < 1.29 is 19.1 Å². The second kappa shape index (κ2) is 9.95. The number of benzene rings is 2. The van der Waals surface area contributed by atoms with Gasteiger partial charge in [0.05, 0.1) is 7.11 Å². The van der Waals surface area contributed by atoms with Crippen LogP contribution in [0.4, 0.5) is 5.95 Å². The first-order valence-electron chi connectivity index (χ1n) is 10.6. The lowest BCUT2D eigenvalue weighted by atomic mass is 10.0. The molecule has 1 amide bonds. The zero-order valence-electron chi connectivity index (χ0n) is 18.4. The third-order valence-corrected chi connectivity index (χ3v) is 5.25. The zero-order chi connectivity index (χ0) is 23.2. The molecule has 2 aromatic heterocycles. The van der Waals surface area contributed by atoms with Gasteiger partial charge in [-0.15, -0.1) is 0 Å². The number of aromatic nitrogens is 3. The molecule has 0 radical (unpaired) electrons. The summed E-state index contributed by atoms with van der Waals surface area (Å²) in [6, 6.07) is 17.3. The number of hydrogen-bond acceptors (Lipinski definition) is 6. The zero-order valence-corrected chi connectivity index (χ0v) is 18.4. The van der Waals surface area contributed by atoms with Gasteiger partial charge in [-0.3, -0.25) is 14.9 Å². The molecule has 0 saturated heterocycles. The lowest BCUT2D eigenvalue weighted by molar-refractivity contribution is -0.153. The van der Waals surface area contributed by atoms with E-state index in [1.807, 2.05) is 48.5 Å². The van der Waals surface area contributed by atoms with Crippen molar-refractivity contribution in [2.24, 2.45) is 0 Å². The monoisotopic (exact) mass is 444 g/mol. The molecule has 1 unspecified atom stereocenters. The average Bonchev–Trinajstić information content (AvgIpc) is 3.22. The summed E-state index contributed by atoms with van der Waals surface area (Å²) in [6.07, 6.45) is 2.65. The first-order valence-corrected chi connectivity index (χ1v) is 10.6. The lowest BCUT2D eigenvalue weighted by Crippen LogP contribution is -2.30. The number of anilines is 1. The Morgan fingerprint density at radius 2 is 1.76 bits per heavy atom. The number of nitrogens with zero attached hydrogens (tertiary/aromatic N) is 2. The molecule has 0 saturated carbocycles. The van der Waals surface area contributed by atoms with Gasteiger partial charge in [-0.2, -0.15) is 0 Å². The summed E-state index contributed by atoms with van der Waals surface area (Å²) in [5, 5.41) is 3.57. The van der Waals surface area contributed by atoms with Crippen LogP contribution in [0.25, 0.3) is 22.2 Å². The van der Waals surface area contributed by atoms with Crippen molar-refractivity contribution in [2.45, 2.75) is 25.9 Å². The molecule has 0 spiro atoms. The van der Waals surface area contributed by atoms with Gasteiger partial charge in [0.1, 0.15) is 5.75 Å². The summed E-state index contributed by atoms with van der Waals surface area (Å²) < 4.78 is 10.6. The number of methoxy groups -OCH3 is 1. The van der Waals surface area contributed by atoms with Crippen LogP contribution < -0.4 is 10.1 Å². The maximum atomic E-state index is 12.5. The maximum absolute atomic E-state index is 12.5. The highest BCUT2D eigenvalue weighted by molar-refractivity contribution is 5.94. The molecular weight excluding hydrogens is 420 g/mol. The molecule has 1 atom stereocenters. The van der Waals surface area contributed by atoms with Gasteiger partial charge >= 0.3 is 5.97 Å². The summed E-state index contributed by atoms with van der Waals surface area (Å²) in [7, 11) is 1.63.